The summed E-state index contributed by atoms with van der Waals surface area (Å²) in [5.41, 5.74) is 2.27. The number of Topliss-reactive ketones (excluding diaryl/α,β-unsaturated/α-hetero) is 1. The Kier molecular flexibility index (Phi) is 4.40. The predicted octanol–water partition coefficient (Wildman–Crippen LogP) is 2.58. The molecule has 2 rings (SSSR count). The van der Waals surface area contributed by atoms with Gasteiger partial charge in [0.05, 0.1) is 12.7 Å². The molecular formula is C15H17NO4. The lowest BCUT2D eigenvalue weighted by atomic mass is 10.1. The summed E-state index contributed by atoms with van der Waals surface area (Å²) in [4.78, 5) is 26.5. The van der Waals surface area contributed by atoms with Gasteiger partial charge in [0.25, 0.3) is 0 Å². The molecule has 0 amide bonds. The van der Waals surface area contributed by atoms with Crippen LogP contribution in [0, 0.1) is 13.8 Å². The first kappa shape index (κ1) is 14.1. The van der Waals surface area contributed by atoms with Crippen LogP contribution in [0.2, 0.25) is 0 Å². The number of hydrogen-bond donors (Lipinski definition) is 1. The van der Waals surface area contributed by atoms with Crippen molar-refractivity contribution in [3.63, 3.8) is 0 Å². The van der Waals surface area contributed by atoms with Gasteiger partial charge >= 0.3 is 5.97 Å². The van der Waals surface area contributed by atoms with Crippen LogP contribution in [0.15, 0.2) is 28.9 Å². The Balaban J connectivity index is 1.78. The highest BCUT2D eigenvalue weighted by Crippen LogP contribution is 2.10. The summed E-state index contributed by atoms with van der Waals surface area (Å²) in [6.45, 7) is 3.47. The number of hydrogen-bond acceptors (Lipinski definition) is 4. The quantitative estimate of drug-likeness (QED) is 0.649. The molecule has 5 heteroatoms. The minimum atomic E-state index is -0.403. The molecule has 0 fully saturated rings. The van der Waals surface area contributed by atoms with Gasteiger partial charge in [-0.05, 0) is 32.0 Å². The number of aromatic amines is 1. The summed E-state index contributed by atoms with van der Waals surface area (Å²) in [5, 5.41) is 0. The van der Waals surface area contributed by atoms with Crippen molar-refractivity contribution in [2.24, 2.45) is 0 Å². The van der Waals surface area contributed by atoms with E-state index in [9.17, 15) is 9.59 Å². The van der Waals surface area contributed by atoms with Crippen molar-refractivity contribution in [1.29, 1.82) is 0 Å². The Morgan fingerprint density at radius 1 is 1.35 bits per heavy atom. The van der Waals surface area contributed by atoms with Crippen LogP contribution < -0.4 is 0 Å². The summed E-state index contributed by atoms with van der Waals surface area (Å²) >= 11 is 0. The minimum absolute atomic E-state index is 0.196. The smallest absolute Gasteiger partial charge is 0.306 e. The molecule has 20 heavy (non-hydrogen) atoms. The first-order valence-electron chi connectivity index (χ1n) is 6.43. The maximum absolute atomic E-state index is 11.9. The van der Waals surface area contributed by atoms with Gasteiger partial charge in [0.15, 0.2) is 6.61 Å². The molecule has 0 aliphatic rings. The minimum Gasteiger partial charge on any atom is -0.469 e. The molecule has 2 aromatic rings. The van der Waals surface area contributed by atoms with Crippen LogP contribution >= 0.6 is 0 Å². The van der Waals surface area contributed by atoms with Crippen molar-refractivity contribution in [2.45, 2.75) is 26.7 Å². The van der Waals surface area contributed by atoms with Gasteiger partial charge in [0.2, 0.25) is 5.78 Å². The number of carbonyl (C=O) groups is 2. The highest BCUT2D eigenvalue weighted by Gasteiger charge is 2.14. The standard InChI is InChI=1S/C15H17NO4/c1-10-8-13(11(2)16-10)14(17)9-20-15(18)6-5-12-4-3-7-19-12/h3-4,7-8,16H,5-6,9H2,1-2H3. The van der Waals surface area contributed by atoms with Gasteiger partial charge in [-0.15, -0.1) is 0 Å². The number of aromatic nitrogens is 1. The van der Waals surface area contributed by atoms with Crippen molar-refractivity contribution < 1.29 is 18.7 Å². The molecule has 0 unspecified atom stereocenters. The lowest BCUT2D eigenvalue weighted by Crippen LogP contribution is -2.14. The fourth-order valence-electron chi connectivity index (χ4n) is 1.99. The molecule has 2 heterocycles. The number of rotatable bonds is 6. The van der Waals surface area contributed by atoms with E-state index in [1.54, 1.807) is 24.5 Å². The molecule has 5 nitrogen and oxygen atoms in total. The van der Waals surface area contributed by atoms with E-state index >= 15 is 0 Å². The summed E-state index contributed by atoms with van der Waals surface area (Å²) < 4.78 is 10.1. The summed E-state index contributed by atoms with van der Waals surface area (Å²) in [5.74, 6) is 0.128. The second kappa shape index (κ2) is 6.23. The van der Waals surface area contributed by atoms with Crippen LogP contribution in [0.5, 0.6) is 0 Å². The third-order valence-electron chi connectivity index (χ3n) is 2.97. The second-order valence-electron chi connectivity index (χ2n) is 4.65. The molecule has 0 saturated heterocycles. The molecular weight excluding hydrogens is 258 g/mol. The molecule has 0 bridgehead atoms. The van der Waals surface area contributed by atoms with Crippen LogP contribution in [0.1, 0.15) is 33.9 Å². The Labute approximate surface area is 116 Å². The molecule has 0 aliphatic carbocycles. The Bertz CT molecular complexity index is 595. The first-order valence-corrected chi connectivity index (χ1v) is 6.43. The molecule has 0 atom stereocenters. The average Bonchev–Trinajstić information content (AvgIpc) is 3.03. The van der Waals surface area contributed by atoms with Crippen LogP contribution in [0.3, 0.4) is 0 Å². The second-order valence-corrected chi connectivity index (χ2v) is 4.65. The lowest BCUT2D eigenvalue weighted by Gasteiger charge is -2.03. The normalized spacial score (nSPS) is 10.5. The van der Waals surface area contributed by atoms with Crippen molar-refractivity contribution in [3.05, 3.63) is 47.2 Å². The Morgan fingerprint density at radius 2 is 2.15 bits per heavy atom. The first-order chi connectivity index (χ1) is 9.56. The molecule has 0 saturated carbocycles. The number of ketones is 1. The molecule has 1 N–H and O–H groups in total. The topological polar surface area (TPSA) is 72.3 Å². The zero-order chi connectivity index (χ0) is 14.5. The van der Waals surface area contributed by atoms with Crippen LogP contribution in [0.4, 0.5) is 0 Å². The van der Waals surface area contributed by atoms with Crippen molar-refractivity contribution in [3.8, 4) is 0 Å². The van der Waals surface area contributed by atoms with Gasteiger partial charge in [-0.3, -0.25) is 9.59 Å². The van der Waals surface area contributed by atoms with Gasteiger partial charge in [-0.25, -0.2) is 0 Å². The van der Waals surface area contributed by atoms with E-state index < -0.39 is 5.97 Å². The molecule has 0 aliphatic heterocycles. The van der Waals surface area contributed by atoms with Crippen molar-refractivity contribution >= 4 is 11.8 Å². The molecule has 106 valence electrons. The molecule has 0 aromatic carbocycles. The van der Waals surface area contributed by atoms with E-state index in [0.29, 0.717) is 12.0 Å². The Morgan fingerprint density at radius 3 is 2.75 bits per heavy atom. The number of nitrogens with one attached hydrogen (secondary N) is 1. The number of carbonyl (C=O) groups excluding carboxylic acids is 2. The third-order valence-corrected chi connectivity index (χ3v) is 2.97. The van der Waals surface area contributed by atoms with E-state index in [0.717, 1.165) is 17.1 Å². The summed E-state index contributed by atoms with van der Waals surface area (Å²) in [7, 11) is 0. The van der Waals surface area contributed by atoms with E-state index in [-0.39, 0.29) is 18.8 Å². The average molecular weight is 275 g/mol. The zero-order valence-electron chi connectivity index (χ0n) is 11.6. The number of ether oxygens (including phenoxy) is 1. The molecule has 2 aromatic heterocycles. The molecule has 0 radical (unpaired) electrons. The largest absolute Gasteiger partial charge is 0.469 e. The van der Waals surface area contributed by atoms with E-state index in [1.165, 1.54) is 0 Å². The number of esters is 1. The predicted molar refractivity (Wildman–Crippen MR) is 72.6 cm³/mol. The van der Waals surface area contributed by atoms with E-state index in [2.05, 4.69) is 4.98 Å². The van der Waals surface area contributed by atoms with E-state index in [4.69, 9.17) is 9.15 Å². The molecule has 0 spiro atoms. The fourth-order valence-corrected chi connectivity index (χ4v) is 1.99. The number of furan rings is 1. The Hall–Kier alpha value is -2.30. The highest BCUT2D eigenvalue weighted by molar-refractivity contribution is 5.99. The van der Waals surface area contributed by atoms with Gasteiger partial charge in [-0.2, -0.15) is 0 Å². The van der Waals surface area contributed by atoms with Gasteiger partial charge in [0, 0.05) is 23.4 Å². The van der Waals surface area contributed by atoms with Gasteiger partial charge in [0.1, 0.15) is 5.76 Å². The fraction of sp³-hybridized carbons (Fsp3) is 0.333. The number of H-pyrrole nitrogens is 1. The third kappa shape index (κ3) is 3.60. The summed E-state index contributed by atoms with van der Waals surface area (Å²) in [6, 6.07) is 5.32. The van der Waals surface area contributed by atoms with Crippen molar-refractivity contribution in [1.82, 2.24) is 4.98 Å². The monoisotopic (exact) mass is 275 g/mol. The highest BCUT2D eigenvalue weighted by atomic mass is 16.5. The van der Waals surface area contributed by atoms with Crippen LogP contribution in [0.25, 0.3) is 0 Å². The van der Waals surface area contributed by atoms with E-state index in [1.807, 2.05) is 13.8 Å². The summed E-state index contributed by atoms with van der Waals surface area (Å²) in [6.07, 6.45) is 2.23. The number of aryl methyl sites for hydroxylation is 3. The van der Waals surface area contributed by atoms with Crippen molar-refractivity contribution in [2.75, 3.05) is 6.61 Å². The SMILES string of the molecule is Cc1cc(C(=O)COC(=O)CCc2ccco2)c(C)[nH]1. The lowest BCUT2D eigenvalue weighted by molar-refractivity contribution is -0.142. The maximum Gasteiger partial charge on any atom is 0.306 e. The maximum atomic E-state index is 11.9. The van der Waals surface area contributed by atoms with Gasteiger partial charge in [-0.1, -0.05) is 0 Å². The van der Waals surface area contributed by atoms with Crippen LogP contribution in [-0.4, -0.2) is 23.3 Å². The zero-order valence-corrected chi connectivity index (χ0v) is 11.6. The van der Waals surface area contributed by atoms with Crippen LogP contribution in [-0.2, 0) is 16.0 Å². The van der Waals surface area contributed by atoms with Gasteiger partial charge < -0.3 is 14.1 Å².